The summed E-state index contributed by atoms with van der Waals surface area (Å²) in [6.45, 7) is 2.03. The molecule has 0 bridgehead atoms. The number of hydrogen-bond donors (Lipinski definition) is 1. The Morgan fingerprint density at radius 2 is 1.86 bits per heavy atom. The number of aryl methyl sites for hydroxylation is 1. The zero-order valence-corrected chi connectivity index (χ0v) is 11.4. The number of hydrogen-bond acceptors (Lipinski definition) is 3. The number of carboxylic acid groups (broad SMARTS) is 1. The molecule has 2 heterocycles. The van der Waals surface area contributed by atoms with Crippen molar-refractivity contribution in [3.05, 3.63) is 66.1 Å². The summed E-state index contributed by atoms with van der Waals surface area (Å²) in [5.74, 6) is -0.982. The number of rotatable bonds is 3. The van der Waals surface area contributed by atoms with Crippen molar-refractivity contribution in [1.82, 2.24) is 14.8 Å². The number of nitrogens with zero attached hydrogens (tertiary/aromatic N) is 3. The van der Waals surface area contributed by atoms with Gasteiger partial charge in [0.2, 0.25) is 0 Å². The Bertz CT molecular complexity index is 774. The Morgan fingerprint density at radius 1 is 1.10 bits per heavy atom. The van der Waals surface area contributed by atoms with E-state index in [2.05, 4.69) is 10.1 Å². The lowest BCUT2D eigenvalue weighted by atomic mass is 10.2. The van der Waals surface area contributed by atoms with Crippen LogP contribution in [0.2, 0.25) is 0 Å². The highest BCUT2D eigenvalue weighted by Crippen LogP contribution is 2.18. The molecule has 0 unspecified atom stereocenters. The number of aromatic nitrogens is 3. The van der Waals surface area contributed by atoms with E-state index in [-0.39, 0.29) is 5.56 Å². The zero-order chi connectivity index (χ0) is 14.8. The van der Waals surface area contributed by atoms with Crippen LogP contribution < -0.4 is 0 Å². The van der Waals surface area contributed by atoms with Crippen molar-refractivity contribution in [2.45, 2.75) is 6.92 Å². The van der Waals surface area contributed by atoms with E-state index in [9.17, 15) is 4.79 Å². The van der Waals surface area contributed by atoms with Crippen molar-refractivity contribution < 1.29 is 9.90 Å². The standard InChI is InChI=1S/C16H13N3O2/c1-11-2-5-14(6-3-11)19-10-13(9-18-19)15-7-4-12(8-17-15)16(20)21/h2-10H,1H3,(H,20,21). The molecule has 5 nitrogen and oxygen atoms in total. The zero-order valence-electron chi connectivity index (χ0n) is 11.4. The Kier molecular flexibility index (Phi) is 3.23. The van der Waals surface area contributed by atoms with Gasteiger partial charge in [0.05, 0.1) is 23.1 Å². The van der Waals surface area contributed by atoms with Gasteiger partial charge < -0.3 is 5.11 Å². The maximum atomic E-state index is 10.8. The van der Waals surface area contributed by atoms with Gasteiger partial charge >= 0.3 is 5.97 Å². The van der Waals surface area contributed by atoms with E-state index in [4.69, 9.17) is 5.11 Å². The second kappa shape index (κ2) is 5.20. The summed E-state index contributed by atoms with van der Waals surface area (Å²) in [6, 6.07) is 11.3. The molecule has 1 N–H and O–H groups in total. The molecular formula is C16H13N3O2. The topological polar surface area (TPSA) is 68.0 Å². The molecule has 3 aromatic rings. The molecule has 5 heteroatoms. The van der Waals surface area contributed by atoms with Gasteiger partial charge in [-0.05, 0) is 31.2 Å². The fourth-order valence-corrected chi connectivity index (χ4v) is 1.98. The van der Waals surface area contributed by atoms with Gasteiger partial charge in [-0.15, -0.1) is 0 Å². The minimum Gasteiger partial charge on any atom is -0.478 e. The molecule has 0 amide bonds. The molecule has 0 atom stereocenters. The van der Waals surface area contributed by atoms with E-state index in [1.807, 2.05) is 37.4 Å². The predicted molar refractivity (Wildman–Crippen MR) is 78.5 cm³/mol. The summed E-state index contributed by atoms with van der Waals surface area (Å²) in [5.41, 5.74) is 3.86. The minimum atomic E-state index is -0.982. The summed E-state index contributed by atoms with van der Waals surface area (Å²) in [4.78, 5) is 15.0. The number of carbonyl (C=O) groups is 1. The van der Waals surface area contributed by atoms with Crippen molar-refractivity contribution >= 4 is 5.97 Å². The Hall–Kier alpha value is -2.95. The Morgan fingerprint density at radius 3 is 2.48 bits per heavy atom. The number of benzene rings is 1. The number of carboxylic acids is 1. The maximum absolute atomic E-state index is 10.8. The van der Waals surface area contributed by atoms with Gasteiger partial charge in [0.25, 0.3) is 0 Å². The first-order valence-corrected chi connectivity index (χ1v) is 6.45. The molecule has 0 saturated heterocycles. The van der Waals surface area contributed by atoms with Crippen molar-refractivity contribution in [2.24, 2.45) is 0 Å². The molecule has 3 rings (SSSR count). The van der Waals surface area contributed by atoms with Gasteiger partial charge in [-0.2, -0.15) is 5.10 Å². The molecule has 0 radical (unpaired) electrons. The van der Waals surface area contributed by atoms with Crippen molar-refractivity contribution in [1.29, 1.82) is 0 Å². The van der Waals surface area contributed by atoms with E-state index in [1.165, 1.54) is 17.8 Å². The molecule has 0 aliphatic heterocycles. The first-order chi connectivity index (χ1) is 10.1. The molecular weight excluding hydrogens is 266 g/mol. The lowest BCUT2D eigenvalue weighted by Gasteiger charge is -2.01. The van der Waals surface area contributed by atoms with Crippen molar-refractivity contribution in [3.8, 4) is 16.9 Å². The number of pyridine rings is 1. The molecule has 2 aromatic heterocycles. The van der Waals surface area contributed by atoms with Crippen LogP contribution >= 0.6 is 0 Å². The molecule has 0 saturated carbocycles. The molecule has 0 aliphatic carbocycles. The molecule has 21 heavy (non-hydrogen) atoms. The normalized spacial score (nSPS) is 10.5. The minimum absolute atomic E-state index is 0.171. The smallest absolute Gasteiger partial charge is 0.337 e. The van der Waals surface area contributed by atoms with Gasteiger partial charge in [0.15, 0.2) is 0 Å². The highest BCUT2D eigenvalue weighted by Gasteiger charge is 2.07. The number of aromatic carboxylic acids is 1. The summed E-state index contributed by atoms with van der Waals surface area (Å²) in [5, 5.41) is 13.2. The summed E-state index contributed by atoms with van der Waals surface area (Å²) >= 11 is 0. The van der Waals surface area contributed by atoms with Crippen LogP contribution in [-0.4, -0.2) is 25.8 Å². The second-order valence-corrected chi connectivity index (χ2v) is 4.75. The largest absolute Gasteiger partial charge is 0.478 e. The fourth-order valence-electron chi connectivity index (χ4n) is 1.98. The summed E-state index contributed by atoms with van der Waals surface area (Å²) in [6.07, 6.45) is 4.93. The monoisotopic (exact) mass is 279 g/mol. The van der Waals surface area contributed by atoms with Crippen LogP contribution in [0.1, 0.15) is 15.9 Å². The van der Waals surface area contributed by atoms with Gasteiger partial charge in [0.1, 0.15) is 0 Å². The molecule has 0 fully saturated rings. The third kappa shape index (κ3) is 2.67. The first kappa shape index (κ1) is 13.1. The van der Waals surface area contributed by atoms with E-state index < -0.39 is 5.97 Å². The third-order valence-corrected chi connectivity index (χ3v) is 3.19. The quantitative estimate of drug-likeness (QED) is 0.800. The fraction of sp³-hybridized carbons (Fsp3) is 0.0625. The Labute approximate surface area is 121 Å². The van der Waals surface area contributed by atoms with E-state index in [0.717, 1.165) is 11.3 Å². The molecule has 0 spiro atoms. The lowest BCUT2D eigenvalue weighted by Crippen LogP contribution is -1.96. The van der Waals surface area contributed by atoms with Crippen LogP contribution in [0.3, 0.4) is 0 Å². The van der Waals surface area contributed by atoms with E-state index in [1.54, 1.807) is 16.9 Å². The SMILES string of the molecule is Cc1ccc(-n2cc(-c3ccc(C(=O)O)cn3)cn2)cc1. The van der Waals surface area contributed by atoms with Crippen LogP contribution in [0, 0.1) is 6.92 Å². The van der Waals surface area contributed by atoms with E-state index >= 15 is 0 Å². The molecule has 1 aromatic carbocycles. The van der Waals surface area contributed by atoms with Crippen LogP contribution in [0.15, 0.2) is 55.0 Å². The van der Waals surface area contributed by atoms with Gasteiger partial charge in [-0.1, -0.05) is 17.7 Å². The van der Waals surface area contributed by atoms with Crippen LogP contribution in [0.25, 0.3) is 16.9 Å². The first-order valence-electron chi connectivity index (χ1n) is 6.45. The average Bonchev–Trinajstić information content (AvgIpc) is 2.98. The third-order valence-electron chi connectivity index (χ3n) is 3.19. The van der Waals surface area contributed by atoms with Crippen molar-refractivity contribution in [3.63, 3.8) is 0 Å². The van der Waals surface area contributed by atoms with Gasteiger partial charge in [-0.25, -0.2) is 9.48 Å². The molecule has 104 valence electrons. The van der Waals surface area contributed by atoms with E-state index in [0.29, 0.717) is 5.69 Å². The molecule has 0 aliphatic rings. The van der Waals surface area contributed by atoms with Crippen LogP contribution in [0.4, 0.5) is 0 Å². The van der Waals surface area contributed by atoms with Gasteiger partial charge in [-0.3, -0.25) is 4.98 Å². The summed E-state index contributed by atoms with van der Waals surface area (Å²) < 4.78 is 1.77. The summed E-state index contributed by atoms with van der Waals surface area (Å²) in [7, 11) is 0. The van der Waals surface area contributed by atoms with Gasteiger partial charge in [0, 0.05) is 18.0 Å². The Balaban J connectivity index is 1.90. The maximum Gasteiger partial charge on any atom is 0.337 e. The van der Waals surface area contributed by atoms with Crippen LogP contribution in [0.5, 0.6) is 0 Å². The lowest BCUT2D eigenvalue weighted by molar-refractivity contribution is 0.0696. The highest BCUT2D eigenvalue weighted by molar-refractivity contribution is 5.87. The average molecular weight is 279 g/mol. The highest BCUT2D eigenvalue weighted by atomic mass is 16.4. The second-order valence-electron chi connectivity index (χ2n) is 4.75. The van der Waals surface area contributed by atoms with Crippen LogP contribution in [-0.2, 0) is 0 Å². The van der Waals surface area contributed by atoms with Crippen molar-refractivity contribution in [2.75, 3.05) is 0 Å². The predicted octanol–water partition coefficient (Wildman–Crippen LogP) is 2.94.